The molecular weight excluding hydrogens is 510 g/mol. The second-order valence-corrected chi connectivity index (χ2v) is 10.8. The maximum absolute atomic E-state index is 11.9. The molecule has 0 saturated carbocycles. The van der Waals surface area contributed by atoms with Crippen molar-refractivity contribution in [2.75, 3.05) is 26.3 Å². The molecule has 0 spiro atoms. The maximum atomic E-state index is 11.9. The Hall–Kier alpha value is -3.11. The van der Waals surface area contributed by atoms with E-state index in [1.165, 1.54) is 10.8 Å². The van der Waals surface area contributed by atoms with Crippen molar-refractivity contribution in [2.24, 2.45) is 0 Å². The normalized spacial score (nSPS) is 15.0. The molecule has 1 aliphatic heterocycles. The molecular formula is C31H43N3O6. The van der Waals surface area contributed by atoms with Crippen LogP contribution in [0.1, 0.15) is 75.2 Å². The van der Waals surface area contributed by atoms with Crippen molar-refractivity contribution in [2.45, 2.75) is 77.3 Å². The van der Waals surface area contributed by atoms with E-state index in [2.05, 4.69) is 10.3 Å². The van der Waals surface area contributed by atoms with Gasteiger partial charge in [0.1, 0.15) is 5.75 Å². The summed E-state index contributed by atoms with van der Waals surface area (Å²) in [7, 11) is 0. The van der Waals surface area contributed by atoms with E-state index in [4.69, 9.17) is 14.2 Å². The smallest absolute Gasteiger partial charge is 0.333 e. The molecule has 1 atom stereocenters. The highest BCUT2D eigenvalue weighted by molar-refractivity contribution is 5.39. The van der Waals surface area contributed by atoms with Crippen LogP contribution in [0.5, 0.6) is 11.6 Å². The zero-order chi connectivity index (χ0) is 28.4. The van der Waals surface area contributed by atoms with Gasteiger partial charge in [0.25, 0.3) is 0 Å². The molecule has 9 nitrogen and oxygen atoms in total. The number of nitrogens with zero attached hydrogens (tertiary/aromatic N) is 1. The predicted octanol–water partition coefficient (Wildman–Crippen LogP) is 4.74. The fraction of sp³-hybridized carbons (Fsp3) is 0.516. The third kappa shape index (κ3) is 8.69. The highest BCUT2D eigenvalue weighted by Crippen LogP contribution is 2.32. The van der Waals surface area contributed by atoms with Crippen LogP contribution in [0.2, 0.25) is 0 Å². The molecule has 3 aromatic rings. The summed E-state index contributed by atoms with van der Waals surface area (Å²) < 4.78 is 18.6. The number of ether oxygens (including phenoxy) is 3. The van der Waals surface area contributed by atoms with Crippen LogP contribution in [0.4, 0.5) is 0 Å². The number of unbranched alkanes of at least 4 members (excludes halogenated alkanes) is 4. The first-order chi connectivity index (χ1) is 19.3. The van der Waals surface area contributed by atoms with Crippen LogP contribution in [0.25, 0.3) is 5.69 Å². The summed E-state index contributed by atoms with van der Waals surface area (Å²) in [6.07, 6.45) is 7.96. The molecule has 4 rings (SSSR count). The van der Waals surface area contributed by atoms with Crippen molar-refractivity contribution in [1.29, 1.82) is 0 Å². The first-order valence-electron chi connectivity index (χ1n) is 14.3. The number of aliphatic hydroxyl groups excluding tert-OH is 1. The van der Waals surface area contributed by atoms with Crippen molar-refractivity contribution < 1.29 is 24.4 Å². The van der Waals surface area contributed by atoms with Crippen molar-refractivity contribution in [3.05, 3.63) is 75.8 Å². The third-order valence-electron chi connectivity index (χ3n) is 7.06. The molecule has 40 heavy (non-hydrogen) atoms. The Bertz CT molecular complexity index is 1270. The minimum atomic E-state index is -0.615. The van der Waals surface area contributed by atoms with E-state index in [0.29, 0.717) is 18.8 Å². The van der Waals surface area contributed by atoms with Gasteiger partial charge in [0.2, 0.25) is 11.7 Å². The summed E-state index contributed by atoms with van der Waals surface area (Å²) in [5, 5.41) is 23.7. The van der Waals surface area contributed by atoms with Crippen molar-refractivity contribution >= 4 is 0 Å². The average Bonchev–Trinajstić information content (AvgIpc) is 3.28. The molecule has 0 bridgehead atoms. The Balaban J connectivity index is 0.990. The number of aliphatic hydroxyl groups is 1. The molecule has 2 aromatic carbocycles. The largest absolute Gasteiger partial charge is 0.493 e. The molecule has 2 heterocycles. The number of aromatic hydroxyl groups is 1. The van der Waals surface area contributed by atoms with Crippen LogP contribution in [0.3, 0.4) is 0 Å². The van der Waals surface area contributed by atoms with Crippen LogP contribution >= 0.6 is 0 Å². The summed E-state index contributed by atoms with van der Waals surface area (Å²) in [5.74, 6) is 0.113. The van der Waals surface area contributed by atoms with Crippen molar-refractivity contribution in [3.8, 4) is 17.3 Å². The van der Waals surface area contributed by atoms with Gasteiger partial charge in [-0.25, -0.2) is 9.36 Å². The number of imidazole rings is 1. The molecule has 0 aliphatic carbocycles. The lowest BCUT2D eigenvalue weighted by atomic mass is 10.0. The Labute approximate surface area is 236 Å². The van der Waals surface area contributed by atoms with Gasteiger partial charge in [-0.05, 0) is 80.5 Å². The molecule has 0 fully saturated rings. The van der Waals surface area contributed by atoms with Gasteiger partial charge in [-0.1, -0.05) is 24.6 Å². The fourth-order valence-electron chi connectivity index (χ4n) is 4.82. The summed E-state index contributed by atoms with van der Waals surface area (Å²) in [4.78, 5) is 14.4. The number of fused-ring (bicyclic) bond motifs is 1. The first-order valence-corrected chi connectivity index (χ1v) is 14.3. The predicted molar refractivity (Wildman–Crippen MR) is 154 cm³/mol. The van der Waals surface area contributed by atoms with Crippen LogP contribution < -0.4 is 15.7 Å². The van der Waals surface area contributed by atoms with Crippen LogP contribution in [-0.2, 0) is 22.5 Å². The molecule has 218 valence electrons. The lowest BCUT2D eigenvalue weighted by Crippen LogP contribution is -2.35. The third-order valence-corrected chi connectivity index (χ3v) is 7.06. The van der Waals surface area contributed by atoms with Gasteiger partial charge < -0.3 is 34.7 Å². The van der Waals surface area contributed by atoms with Crippen molar-refractivity contribution in [1.82, 2.24) is 14.9 Å². The number of nitrogens with one attached hydrogen (secondary N) is 2. The SMILES string of the molecule is CC1(C)OCc2cc([C@@H](O)CNCCCCCOCCCCCc3cccc(-n4c(O)c[nH]c4=O)c3)ccc2O1. The summed E-state index contributed by atoms with van der Waals surface area (Å²) in [6.45, 7) is 7.19. The molecule has 0 unspecified atom stereocenters. The Morgan fingerprint density at radius 3 is 2.65 bits per heavy atom. The highest BCUT2D eigenvalue weighted by atomic mass is 16.7. The lowest BCUT2D eigenvalue weighted by Gasteiger charge is -2.33. The van der Waals surface area contributed by atoms with Gasteiger partial charge in [0.15, 0.2) is 0 Å². The summed E-state index contributed by atoms with van der Waals surface area (Å²) >= 11 is 0. The number of aromatic amines is 1. The first kappa shape index (κ1) is 29.9. The number of aromatic nitrogens is 2. The Morgan fingerprint density at radius 1 is 1.07 bits per heavy atom. The zero-order valence-corrected chi connectivity index (χ0v) is 23.7. The molecule has 1 aliphatic rings. The standard InChI is InChI=1S/C31H43N3O6/c1-31(2)39-22-25-19-24(13-14-28(25)40-31)27(35)20-32-15-6-4-8-17-38-16-7-3-5-10-23-11-9-12-26(18-23)34-29(36)21-33-30(34)37/h9,11-14,18-19,21,27,32,35-36H,3-8,10,15-17,20,22H2,1-2H3,(H,33,37)/t27-/m0/s1. The summed E-state index contributed by atoms with van der Waals surface area (Å²) in [5.41, 5.74) is 3.30. The Morgan fingerprint density at radius 2 is 1.88 bits per heavy atom. The quantitative estimate of drug-likeness (QED) is 0.189. The number of hydrogen-bond donors (Lipinski definition) is 4. The molecule has 4 N–H and O–H groups in total. The molecule has 0 radical (unpaired) electrons. The second-order valence-electron chi connectivity index (χ2n) is 10.8. The van der Waals surface area contributed by atoms with Gasteiger partial charge >= 0.3 is 5.69 Å². The monoisotopic (exact) mass is 553 g/mol. The van der Waals surface area contributed by atoms with E-state index < -0.39 is 11.9 Å². The lowest BCUT2D eigenvalue weighted by molar-refractivity contribution is -0.180. The van der Waals surface area contributed by atoms with Crippen molar-refractivity contribution in [3.63, 3.8) is 0 Å². The van der Waals surface area contributed by atoms with Gasteiger partial charge in [-0.15, -0.1) is 0 Å². The van der Waals surface area contributed by atoms with E-state index in [1.54, 1.807) is 0 Å². The van der Waals surface area contributed by atoms with E-state index in [1.807, 2.05) is 56.3 Å². The van der Waals surface area contributed by atoms with Crippen LogP contribution in [-0.4, -0.2) is 51.9 Å². The van der Waals surface area contributed by atoms with Gasteiger partial charge in [0.05, 0.1) is 24.6 Å². The van der Waals surface area contributed by atoms with Gasteiger partial charge in [-0.2, -0.15) is 0 Å². The topological polar surface area (TPSA) is 118 Å². The highest BCUT2D eigenvalue weighted by Gasteiger charge is 2.27. The minimum Gasteiger partial charge on any atom is -0.493 e. The second kappa shape index (κ2) is 14.5. The number of hydrogen-bond acceptors (Lipinski definition) is 7. The maximum Gasteiger partial charge on any atom is 0.333 e. The number of H-pyrrole nitrogens is 1. The summed E-state index contributed by atoms with van der Waals surface area (Å²) in [6, 6.07) is 13.5. The molecule has 9 heteroatoms. The number of aryl methyl sites for hydroxylation is 1. The van der Waals surface area contributed by atoms with Crippen LogP contribution in [0.15, 0.2) is 53.5 Å². The fourth-order valence-corrected chi connectivity index (χ4v) is 4.82. The Kier molecular flexibility index (Phi) is 10.8. The van der Waals surface area contributed by atoms with E-state index in [9.17, 15) is 15.0 Å². The number of benzene rings is 2. The van der Waals surface area contributed by atoms with Gasteiger partial charge in [-0.3, -0.25) is 0 Å². The average molecular weight is 554 g/mol. The van der Waals surface area contributed by atoms with Crippen LogP contribution in [0, 0.1) is 0 Å². The minimum absolute atomic E-state index is 0.0908. The number of rotatable bonds is 16. The molecule has 0 amide bonds. The van der Waals surface area contributed by atoms with E-state index >= 15 is 0 Å². The van der Waals surface area contributed by atoms with E-state index in [0.717, 1.165) is 87.1 Å². The molecule has 1 aromatic heterocycles. The molecule has 0 saturated heterocycles. The van der Waals surface area contributed by atoms with E-state index in [-0.39, 0.29) is 11.6 Å². The zero-order valence-electron chi connectivity index (χ0n) is 23.7. The van der Waals surface area contributed by atoms with Gasteiger partial charge in [0, 0.05) is 39.2 Å².